The van der Waals surface area contributed by atoms with Crippen LogP contribution in [-0.4, -0.2) is 43.1 Å². The first-order chi connectivity index (χ1) is 8.31. The minimum absolute atomic E-state index is 0.144. The van der Waals surface area contributed by atoms with Gasteiger partial charge in [-0.3, -0.25) is 4.90 Å². The number of benzene rings is 1. The van der Waals surface area contributed by atoms with Crippen molar-refractivity contribution in [3.05, 3.63) is 35.6 Å². The Morgan fingerprint density at radius 3 is 2.82 bits per heavy atom. The van der Waals surface area contributed by atoms with E-state index in [1.807, 2.05) is 24.9 Å². The van der Waals surface area contributed by atoms with E-state index >= 15 is 0 Å². The van der Waals surface area contributed by atoms with Gasteiger partial charge in [0.25, 0.3) is 0 Å². The summed E-state index contributed by atoms with van der Waals surface area (Å²) in [6.45, 7) is 3.05. The summed E-state index contributed by atoms with van der Waals surface area (Å²) in [6.07, 6.45) is 0. The van der Waals surface area contributed by atoms with E-state index in [2.05, 4.69) is 10.2 Å². The van der Waals surface area contributed by atoms with Gasteiger partial charge in [0.2, 0.25) is 0 Å². The zero-order chi connectivity index (χ0) is 12.1. The van der Waals surface area contributed by atoms with Crippen molar-refractivity contribution in [3.8, 4) is 0 Å². The van der Waals surface area contributed by atoms with Crippen LogP contribution in [0.3, 0.4) is 0 Å². The highest BCUT2D eigenvalue weighted by molar-refractivity contribution is 7.99. The maximum Gasteiger partial charge on any atom is 0.123 e. The number of nitrogens with zero attached hydrogens (tertiary/aromatic N) is 1. The van der Waals surface area contributed by atoms with Crippen LogP contribution in [0.2, 0.25) is 0 Å². The third-order valence-electron chi connectivity index (χ3n) is 3.12. The first-order valence-corrected chi connectivity index (χ1v) is 7.18. The summed E-state index contributed by atoms with van der Waals surface area (Å²) in [5.74, 6) is 2.21. The first-order valence-electron chi connectivity index (χ1n) is 6.03. The van der Waals surface area contributed by atoms with E-state index in [1.54, 1.807) is 12.1 Å². The van der Waals surface area contributed by atoms with E-state index in [0.29, 0.717) is 0 Å². The van der Waals surface area contributed by atoms with Gasteiger partial charge in [-0.2, -0.15) is 11.8 Å². The van der Waals surface area contributed by atoms with Gasteiger partial charge in [-0.05, 0) is 24.7 Å². The molecule has 2 rings (SSSR count). The number of hydrogen-bond donors (Lipinski definition) is 1. The minimum Gasteiger partial charge on any atom is -0.318 e. The minimum atomic E-state index is -0.144. The second kappa shape index (κ2) is 6.38. The standard InChI is InChI=1S/C13H19FN2S/c1-15-10-13(16-5-7-17-8-6-16)11-3-2-4-12(14)9-11/h2-4,9,13,15H,5-8,10H2,1H3. The molecule has 1 saturated heterocycles. The summed E-state index contributed by atoms with van der Waals surface area (Å²) >= 11 is 2.00. The van der Waals surface area contributed by atoms with Gasteiger partial charge in [0, 0.05) is 37.2 Å². The fourth-order valence-electron chi connectivity index (χ4n) is 2.25. The fraction of sp³-hybridized carbons (Fsp3) is 0.538. The molecule has 1 heterocycles. The molecule has 1 aromatic carbocycles. The van der Waals surface area contributed by atoms with Gasteiger partial charge in [-0.25, -0.2) is 4.39 Å². The Balaban J connectivity index is 2.15. The Morgan fingerprint density at radius 1 is 1.41 bits per heavy atom. The molecule has 1 aliphatic heterocycles. The molecule has 4 heteroatoms. The molecule has 0 radical (unpaired) electrons. The predicted molar refractivity (Wildman–Crippen MR) is 72.0 cm³/mol. The van der Waals surface area contributed by atoms with Gasteiger partial charge in [-0.15, -0.1) is 0 Å². The van der Waals surface area contributed by atoms with E-state index in [-0.39, 0.29) is 11.9 Å². The van der Waals surface area contributed by atoms with Crippen LogP contribution in [-0.2, 0) is 0 Å². The predicted octanol–water partition coefficient (Wildman–Crippen LogP) is 2.13. The number of nitrogens with one attached hydrogen (secondary N) is 1. The number of rotatable bonds is 4. The molecule has 1 aromatic rings. The van der Waals surface area contributed by atoms with Crippen molar-refractivity contribution in [2.24, 2.45) is 0 Å². The molecule has 0 aliphatic carbocycles. The van der Waals surface area contributed by atoms with E-state index in [0.717, 1.165) is 25.2 Å². The van der Waals surface area contributed by atoms with Crippen LogP contribution >= 0.6 is 11.8 Å². The maximum atomic E-state index is 13.3. The highest BCUT2D eigenvalue weighted by Gasteiger charge is 2.21. The van der Waals surface area contributed by atoms with Crippen molar-refractivity contribution < 1.29 is 4.39 Å². The molecule has 0 aromatic heterocycles. The molecule has 1 unspecified atom stereocenters. The van der Waals surface area contributed by atoms with Gasteiger partial charge >= 0.3 is 0 Å². The van der Waals surface area contributed by atoms with Gasteiger partial charge in [0.1, 0.15) is 5.82 Å². The van der Waals surface area contributed by atoms with Crippen molar-refractivity contribution >= 4 is 11.8 Å². The summed E-state index contributed by atoms with van der Waals surface area (Å²) < 4.78 is 13.3. The largest absolute Gasteiger partial charge is 0.318 e. The summed E-state index contributed by atoms with van der Waals surface area (Å²) in [4.78, 5) is 2.45. The summed E-state index contributed by atoms with van der Waals surface area (Å²) in [7, 11) is 1.95. The van der Waals surface area contributed by atoms with Crippen LogP contribution in [0.4, 0.5) is 4.39 Å². The normalized spacial score (nSPS) is 19.2. The highest BCUT2D eigenvalue weighted by Crippen LogP contribution is 2.24. The maximum absolute atomic E-state index is 13.3. The molecular weight excluding hydrogens is 235 g/mol. The smallest absolute Gasteiger partial charge is 0.123 e. The summed E-state index contributed by atoms with van der Waals surface area (Å²) in [6, 6.07) is 7.27. The summed E-state index contributed by atoms with van der Waals surface area (Å²) in [5, 5.41) is 3.21. The number of halogens is 1. The quantitative estimate of drug-likeness (QED) is 0.886. The van der Waals surface area contributed by atoms with Crippen molar-refractivity contribution in [1.82, 2.24) is 10.2 Å². The van der Waals surface area contributed by atoms with Crippen LogP contribution in [0.5, 0.6) is 0 Å². The zero-order valence-corrected chi connectivity index (χ0v) is 11.0. The van der Waals surface area contributed by atoms with E-state index < -0.39 is 0 Å². The topological polar surface area (TPSA) is 15.3 Å². The van der Waals surface area contributed by atoms with Gasteiger partial charge in [0.05, 0.1) is 0 Å². The average Bonchev–Trinajstić information content (AvgIpc) is 2.37. The molecule has 0 amide bonds. The van der Waals surface area contributed by atoms with E-state index in [9.17, 15) is 4.39 Å². The van der Waals surface area contributed by atoms with Crippen LogP contribution < -0.4 is 5.32 Å². The van der Waals surface area contributed by atoms with Gasteiger partial charge < -0.3 is 5.32 Å². The molecule has 1 fully saturated rings. The zero-order valence-electron chi connectivity index (χ0n) is 10.2. The highest BCUT2D eigenvalue weighted by atomic mass is 32.2. The van der Waals surface area contributed by atoms with Crippen LogP contribution in [0, 0.1) is 5.82 Å². The van der Waals surface area contributed by atoms with Crippen molar-refractivity contribution in [1.29, 1.82) is 0 Å². The molecule has 17 heavy (non-hydrogen) atoms. The number of thioether (sulfide) groups is 1. The fourth-order valence-corrected chi connectivity index (χ4v) is 3.19. The first kappa shape index (κ1) is 12.9. The van der Waals surface area contributed by atoms with Crippen LogP contribution in [0.25, 0.3) is 0 Å². The van der Waals surface area contributed by atoms with Crippen LogP contribution in [0.15, 0.2) is 24.3 Å². The van der Waals surface area contributed by atoms with E-state index in [1.165, 1.54) is 17.6 Å². The van der Waals surface area contributed by atoms with E-state index in [4.69, 9.17) is 0 Å². The van der Waals surface area contributed by atoms with Crippen molar-refractivity contribution in [3.63, 3.8) is 0 Å². The lowest BCUT2D eigenvalue weighted by molar-refractivity contribution is 0.215. The van der Waals surface area contributed by atoms with Crippen molar-refractivity contribution in [2.45, 2.75) is 6.04 Å². The monoisotopic (exact) mass is 254 g/mol. The Kier molecular flexibility index (Phi) is 4.83. The number of hydrogen-bond acceptors (Lipinski definition) is 3. The molecule has 2 nitrogen and oxygen atoms in total. The van der Waals surface area contributed by atoms with Crippen molar-refractivity contribution in [2.75, 3.05) is 38.2 Å². The summed E-state index contributed by atoms with van der Waals surface area (Å²) in [5.41, 5.74) is 1.08. The molecule has 1 N–H and O–H groups in total. The Bertz CT molecular complexity index is 353. The molecule has 94 valence electrons. The lowest BCUT2D eigenvalue weighted by Gasteiger charge is -2.34. The van der Waals surface area contributed by atoms with Crippen LogP contribution in [0.1, 0.15) is 11.6 Å². The second-order valence-corrected chi connectivity index (χ2v) is 5.50. The molecule has 0 bridgehead atoms. The second-order valence-electron chi connectivity index (χ2n) is 4.28. The molecular formula is C13H19FN2S. The lowest BCUT2D eigenvalue weighted by atomic mass is 10.0. The van der Waals surface area contributed by atoms with Gasteiger partial charge in [-0.1, -0.05) is 12.1 Å². The molecule has 0 spiro atoms. The molecule has 1 aliphatic rings. The molecule has 1 atom stereocenters. The third kappa shape index (κ3) is 3.44. The number of likely N-dealkylation sites (N-methyl/N-ethyl adjacent to an activating group) is 1. The average molecular weight is 254 g/mol. The molecule has 0 saturated carbocycles. The van der Waals surface area contributed by atoms with Gasteiger partial charge in [0.15, 0.2) is 0 Å². The lowest BCUT2D eigenvalue weighted by Crippen LogP contribution is -2.40. The Labute approximate surface area is 107 Å². The SMILES string of the molecule is CNCC(c1cccc(F)c1)N1CCSCC1. The Hall–Kier alpha value is -0.580. The Morgan fingerprint density at radius 2 is 2.18 bits per heavy atom. The third-order valence-corrected chi connectivity index (χ3v) is 4.06.